The van der Waals surface area contributed by atoms with E-state index in [9.17, 15) is 9.90 Å². The van der Waals surface area contributed by atoms with Gasteiger partial charge in [0.2, 0.25) is 0 Å². The van der Waals surface area contributed by atoms with Crippen molar-refractivity contribution >= 4 is 11.7 Å². The predicted octanol–water partition coefficient (Wildman–Crippen LogP) is 2.29. The molecule has 3 rings (SSSR count). The van der Waals surface area contributed by atoms with Gasteiger partial charge in [0.15, 0.2) is 0 Å². The number of hydrogen-bond acceptors (Lipinski definition) is 3. The minimum Gasteiger partial charge on any atom is -0.493 e. The van der Waals surface area contributed by atoms with Gasteiger partial charge in [-0.25, -0.2) is 0 Å². The summed E-state index contributed by atoms with van der Waals surface area (Å²) in [5.74, 6) is 0.280. The summed E-state index contributed by atoms with van der Waals surface area (Å²) in [7, 11) is 0. The molecule has 1 aromatic carbocycles. The fraction of sp³-hybridized carbons (Fsp3) is 0.500. The minimum absolute atomic E-state index is 0.516. The third kappa shape index (κ3) is 1.82. The Bertz CT molecular complexity index is 480. The molecule has 1 fully saturated rings. The van der Waals surface area contributed by atoms with Crippen LogP contribution in [-0.2, 0) is 11.2 Å². The molecule has 2 N–H and O–H groups in total. The average molecular weight is 247 g/mol. The van der Waals surface area contributed by atoms with Gasteiger partial charge in [-0.05, 0) is 36.6 Å². The van der Waals surface area contributed by atoms with Gasteiger partial charge >= 0.3 is 5.97 Å². The van der Waals surface area contributed by atoms with E-state index in [0.717, 1.165) is 43.7 Å². The van der Waals surface area contributed by atoms with Crippen LogP contribution >= 0.6 is 0 Å². The van der Waals surface area contributed by atoms with Crippen LogP contribution in [0.15, 0.2) is 18.2 Å². The standard InChI is InChI=1S/C14H17NO3/c16-13(17)14(5-1-6-14)9-15-11-2-3-12-10(8-11)4-7-18-12/h2-3,8,15H,1,4-7,9H2,(H,16,17). The van der Waals surface area contributed by atoms with Crippen LogP contribution in [0.3, 0.4) is 0 Å². The number of benzene rings is 1. The summed E-state index contributed by atoms with van der Waals surface area (Å²) in [4.78, 5) is 11.3. The van der Waals surface area contributed by atoms with Crippen LogP contribution in [0.2, 0.25) is 0 Å². The van der Waals surface area contributed by atoms with Gasteiger partial charge < -0.3 is 15.2 Å². The van der Waals surface area contributed by atoms with E-state index in [-0.39, 0.29) is 0 Å². The summed E-state index contributed by atoms with van der Waals surface area (Å²) >= 11 is 0. The van der Waals surface area contributed by atoms with Gasteiger partial charge in [-0.15, -0.1) is 0 Å². The van der Waals surface area contributed by atoms with Crippen molar-refractivity contribution in [2.24, 2.45) is 5.41 Å². The van der Waals surface area contributed by atoms with Crippen LogP contribution in [0.25, 0.3) is 0 Å². The Hall–Kier alpha value is -1.71. The molecular weight excluding hydrogens is 230 g/mol. The molecule has 96 valence electrons. The fourth-order valence-corrected chi connectivity index (χ4v) is 2.64. The number of fused-ring (bicyclic) bond motifs is 1. The zero-order chi connectivity index (χ0) is 12.6. The number of aliphatic carboxylic acids is 1. The Balaban J connectivity index is 1.68. The van der Waals surface area contributed by atoms with Crippen molar-refractivity contribution in [3.63, 3.8) is 0 Å². The van der Waals surface area contributed by atoms with Crippen LogP contribution in [0.4, 0.5) is 5.69 Å². The highest BCUT2D eigenvalue weighted by Gasteiger charge is 2.44. The van der Waals surface area contributed by atoms with Crippen molar-refractivity contribution in [2.75, 3.05) is 18.5 Å². The fourth-order valence-electron chi connectivity index (χ4n) is 2.64. The van der Waals surface area contributed by atoms with E-state index in [0.29, 0.717) is 6.54 Å². The van der Waals surface area contributed by atoms with Crippen LogP contribution in [0, 0.1) is 5.41 Å². The third-order valence-electron chi connectivity index (χ3n) is 4.08. The van der Waals surface area contributed by atoms with Crippen molar-refractivity contribution in [3.05, 3.63) is 23.8 Å². The molecule has 4 heteroatoms. The molecule has 1 aliphatic heterocycles. The highest BCUT2D eigenvalue weighted by molar-refractivity contribution is 5.76. The number of hydrogen-bond donors (Lipinski definition) is 2. The maximum absolute atomic E-state index is 11.3. The Labute approximate surface area is 106 Å². The highest BCUT2D eigenvalue weighted by atomic mass is 16.5. The SMILES string of the molecule is O=C(O)C1(CNc2ccc3c(c2)CCO3)CCC1. The molecule has 1 aliphatic carbocycles. The molecule has 0 amide bonds. The van der Waals surface area contributed by atoms with Gasteiger partial charge in [0.25, 0.3) is 0 Å². The summed E-state index contributed by atoms with van der Waals surface area (Å²) in [6.07, 6.45) is 3.52. The van der Waals surface area contributed by atoms with Crippen LogP contribution < -0.4 is 10.1 Å². The van der Waals surface area contributed by atoms with Crippen molar-refractivity contribution < 1.29 is 14.6 Å². The Morgan fingerprint density at radius 3 is 2.94 bits per heavy atom. The second kappa shape index (κ2) is 4.19. The number of carbonyl (C=O) groups is 1. The number of carboxylic acid groups (broad SMARTS) is 1. The first-order valence-electron chi connectivity index (χ1n) is 6.43. The summed E-state index contributed by atoms with van der Waals surface area (Å²) < 4.78 is 5.45. The molecule has 2 aliphatic rings. The monoisotopic (exact) mass is 247 g/mol. The van der Waals surface area contributed by atoms with E-state index < -0.39 is 11.4 Å². The second-order valence-electron chi connectivity index (χ2n) is 5.21. The van der Waals surface area contributed by atoms with Gasteiger partial charge in [-0.3, -0.25) is 4.79 Å². The molecule has 4 nitrogen and oxygen atoms in total. The van der Waals surface area contributed by atoms with E-state index in [1.807, 2.05) is 12.1 Å². The first kappa shape index (κ1) is 11.4. The van der Waals surface area contributed by atoms with Gasteiger partial charge in [-0.2, -0.15) is 0 Å². The van der Waals surface area contributed by atoms with Gasteiger partial charge in [0.05, 0.1) is 12.0 Å². The lowest BCUT2D eigenvalue weighted by atomic mass is 9.69. The summed E-state index contributed by atoms with van der Waals surface area (Å²) in [5.41, 5.74) is 1.65. The van der Waals surface area contributed by atoms with Gasteiger partial charge in [0, 0.05) is 18.7 Å². The summed E-state index contributed by atoms with van der Waals surface area (Å²) in [6.45, 7) is 1.26. The van der Waals surface area contributed by atoms with Crippen LogP contribution in [0.1, 0.15) is 24.8 Å². The smallest absolute Gasteiger partial charge is 0.311 e. The normalized spacial score (nSPS) is 19.6. The topological polar surface area (TPSA) is 58.6 Å². The maximum Gasteiger partial charge on any atom is 0.311 e. The quantitative estimate of drug-likeness (QED) is 0.857. The maximum atomic E-state index is 11.3. The lowest BCUT2D eigenvalue weighted by Crippen LogP contribution is -2.43. The molecule has 1 saturated carbocycles. The number of ether oxygens (including phenoxy) is 1. The Morgan fingerprint density at radius 2 is 2.28 bits per heavy atom. The number of rotatable bonds is 4. The second-order valence-corrected chi connectivity index (χ2v) is 5.21. The molecular formula is C14H17NO3. The number of carboxylic acids is 1. The van der Waals surface area contributed by atoms with E-state index in [2.05, 4.69) is 11.4 Å². The molecule has 0 radical (unpaired) electrons. The van der Waals surface area contributed by atoms with Crippen LogP contribution in [-0.4, -0.2) is 24.2 Å². The van der Waals surface area contributed by atoms with Crippen molar-refractivity contribution in [2.45, 2.75) is 25.7 Å². The van der Waals surface area contributed by atoms with Crippen molar-refractivity contribution in [1.29, 1.82) is 0 Å². The van der Waals surface area contributed by atoms with Gasteiger partial charge in [0.1, 0.15) is 5.75 Å². The van der Waals surface area contributed by atoms with E-state index >= 15 is 0 Å². The first-order valence-corrected chi connectivity index (χ1v) is 6.43. The van der Waals surface area contributed by atoms with Gasteiger partial charge in [-0.1, -0.05) is 6.42 Å². The first-order chi connectivity index (χ1) is 8.70. The summed E-state index contributed by atoms with van der Waals surface area (Å²) in [5, 5.41) is 12.5. The van der Waals surface area contributed by atoms with Crippen molar-refractivity contribution in [3.8, 4) is 5.75 Å². The molecule has 0 spiro atoms. The zero-order valence-corrected chi connectivity index (χ0v) is 10.2. The Morgan fingerprint density at radius 1 is 1.44 bits per heavy atom. The molecule has 1 aromatic rings. The van der Waals surface area contributed by atoms with Crippen molar-refractivity contribution in [1.82, 2.24) is 0 Å². The third-order valence-corrected chi connectivity index (χ3v) is 4.08. The average Bonchev–Trinajstić information content (AvgIpc) is 2.74. The molecule has 1 heterocycles. The molecule has 0 aromatic heterocycles. The minimum atomic E-state index is -0.675. The molecule has 0 bridgehead atoms. The van der Waals surface area contributed by atoms with E-state index in [1.165, 1.54) is 5.56 Å². The lowest BCUT2D eigenvalue weighted by molar-refractivity contribution is -0.153. The molecule has 0 unspecified atom stereocenters. The Kier molecular flexibility index (Phi) is 2.65. The molecule has 0 atom stereocenters. The molecule has 0 saturated heterocycles. The van der Waals surface area contributed by atoms with Crippen LogP contribution in [0.5, 0.6) is 5.75 Å². The highest BCUT2D eigenvalue weighted by Crippen LogP contribution is 2.41. The lowest BCUT2D eigenvalue weighted by Gasteiger charge is -2.37. The summed E-state index contributed by atoms with van der Waals surface area (Å²) in [6, 6.07) is 5.98. The zero-order valence-electron chi connectivity index (χ0n) is 10.2. The number of anilines is 1. The predicted molar refractivity (Wildman–Crippen MR) is 68.1 cm³/mol. The number of nitrogens with one attached hydrogen (secondary N) is 1. The largest absolute Gasteiger partial charge is 0.493 e. The van der Waals surface area contributed by atoms with E-state index in [1.54, 1.807) is 0 Å². The van der Waals surface area contributed by atoms with E-state index in [4.69, 9.17) is 4.74 Å². The molecule has 18 heavy (non-hydrogen) atoms.